The van der Waals surface area contributed by atoms with Crippen molar-refractivity contribution in [3.8, 4) is 0 Å². The van der Waals surface area contributed by atoms with Crippen LogP contribution in [0.25, 0.3) is 0 Å². The van der Waals surface area contributed by atoms with Crippen LogP contribution in [0.4, 0.5) is 5.95 Å². The van der Waals surface area contributed by atoms with Crippen LogP contribution in [0.5, 0.6) is 0 Å². The van der Waals surface area contributed by atoms with Crippen LogP contribution in [0, 0.1) is 5.92 Å². The molecule has 0 bridgehead atoms. The number of piperazine rings is 1. The largest absolute Gasteiger partial charge is 0.338 e. The Labute approximate surface area is 128 Å². The Morgan fingerprint density at radius 1 is 1.10 bits per heavy atom. The van der Waals surface area contributed by atoms with Gasteiger partial charge in [-0.05, 0) is 31.9 Å². The third-order valence-corrected chi connectivity index (χ3v) is 4.11. The van der Waals surface area contributed by atoms with E-state index < -0.39 is 0 Å². The lowest BCUT2D eigenvalue weighted by Gasteiger charge is -2.38. The summed E-state index contributed by atoms with van der Waals surface area (Å²) in [6.07, 6.45) is 4.89. The summed E-state index contributed by atoms with van der Waals surface area (Å²) < 4.78 is 0. The van der Waals surface area contributed by atoms with Crippen molar-refractivity contribution >= 4 is 5.95 Å². The molecule has 0 aliphatic carbocycles. The van der Waals surface area contributed by atoms with E-state index in [0.29, 0.717) is 6.04 Å². The Morgan fingerprint density at radius 3 is 2.38 bits per heavy atom. The average Bonchev–Trinajstić information content (AvgIpc) is 2.52. The number of hydrogen-bond acceptors (Lipinski definition) is 5. The van der Waals surface area contributed by atoms with Gasteiger partial charge in [0.25, 0.3) is 0 Å². The van der Waals surface area contributed by atoms with E-state index in [0.717, 1.165) is 51.1 Å². The first-order valence-electron chi connectivity index (χ1n) is 8.13. The third kappa shape index (κ3) is 5.25. The van der Waals surface area contributed by atoms with E-state index in [1.54, 1.807) is 0 Å². The number of nitrogens with one attached hydrogen (secondary N) is 1. The Kier molecular flexibility index (Phi) is 6.39. The second-order valence-corrected chi connectivity index (χ2v) is 6.31. The topological polar surface area (TPSA) is 44.3 Å². The van der Waals surface area contributed by atoms with Crippen molar-refractivity contribution in [3.63, 3.8) is 0 Å². The van der Waals surface area contributed by atoms with Gasteiger partial charge in [-0.15, -0.1) is 0 Å². The van der Waals surface area contributed by atoms with Crippen LogP contribution in [0.15, 0.2) is 18.5 Å². The van der Waals surface area contributed by atoms with Gasteiger partial charge in [0, 0.05) is 51.2 Å². The summed E-state index contributed by atoms with van der Waals surface area (Å²) in [5, 5.41) is 3.58. The van der Waals surface area contributed by atoms with Gasteiger partial charge >= 0.3 is 0 Å². The van der Waals surface area contributed by atoms with Gasteiger partial charge in [0.15, 0.2) is 0 Å². The highest BCUT2D eigenvalue weighted by Crippen LogP contribution is 2.11. The highest BCUT2D eigenvalue weighted by atomic mass is 15.3. The standard InChI is InChI=1S/C16H29N5/c1-14(2)5-8-17-13-15(3)20-9-11-21(12-10-20)16-18-6-4-7-19-16/h4,6-7,14-15,17H,5,8-13H2,1-3H3. The number of nitrogens with zero attached hydrogens (tertiary/aromatic N) is 4. The van der Waals surface area contributed by atoms with Crippen molar-refractivity contribution in [1.29, 1.82) is 0 Å². The second kappa shape index (κ2) is 8.29. The zero-order valence-electron chi connectivity index (χ0n) is 13.6. The van der Waals surface area contributed by atoms with E-state index in [2.05, 4.69) is 45.9 Å². The molecule has 0 amide bonds. The van der Waals surface area contributed by atoms with Crippen LogP contribution in [-0.2, 0) is 0 Å². The smallest absolute Gasteiger partial charge is 0.225 e. The summed E-state index contributed by atoms with van der Waals surface area (Å²) in [7, 11) is 0. The molecule has 1 aliphatic heterocycles. The van der Waals surface area contributed by atoms with Crippen LogP contribution in [0.2, 0.25) is 0 Å². The highest BCUT2D eigenvalue weighted by Gasteiger charge is 2.21. The summed E-state index contributed by atoms with van der Waals surface area (Å²) in [6.45, 7) is 13.3. The van der Waals surface area contributed by atoms with E-state index in [-0.39, 0.29) is 0 Å². The highest BCUT2D eigenvalue weighted by molar-refractivity contribution is 5.29. The molecular weight excluding hydrogens is 262 g/mol. The van der Waals surface area contributed by atoms with E-state index in [1.165, 1.54) is 6.42 Å². The second-order valence-electron chi connectivity index (χ2n) is 6.31. The zero-order valence-corrected chi connectivity index (χ0v) is 13.6. The molecule has 0 saturated carbocycles. The molecular formula is C16H29N5. The minimum Gasteiger partial charge on any atom is -0.338 e. The first-order chi connectivity index (χ1) is 10.2. The van der Waals surface area contributed by atoms with Crippen LogP contribution in [0.1, 0.15) is 27.2 Å². The fraction of sp³-hybridized carbons (Fsp3) is 0.750. The molecule has 5 heteroatoms. The quantitative estimate of drug-likeness (QED) is 0.774. The molecule has 1 saturated heterocycles. The molecule has 21 heavy (non-hydrogen) atoms. The molecule has 1 atom stereocenters. The minimum atomic E-state index is 0.594. The number of rotatable bonds is 7. The summed E-state index contributed by atoms with van der Waals surface area (Å²) in [5.74, 6) is 1.64. The van der Waals surface area contributed by atoms with E-state index in [4.69, 9.17) is 0 Å². The van der Waals surface area contributed by atoms with Gasteiger partial charge in [0.05, 0.1) is 0 Å². The molecule has 5 nitrogen and oxygen atoms in total. The number of hydrogen-bond donors (Lipinski definition) is 1. The van der Waals surface area contributed by atoms with Crippen LogP contribution in [0.3, 0.4) is 0 Å². The Morgan fingerprint density at radius 2 is 1.76 bits per heavy atom. The summed E-state index contributed by atoms with van der Waals surface area (Å²) in [6, 6.07) is 2.46. The fourth-order valence-electron chi connectivity index (χ4n) is 2.65. The molecule has 1 aromatic rings. The van der Waals surface area contributed by atoms with Crippen molar-refractivity contribution in [2.75, 3.05) is 44.2 Å². The van der Waals surface area contributed by atoms with Gasteiger partial charge in [0.2, 0.25) is 5.95 Å². The summed E-state index contributed by atoms with van der Waals surface area (Å²) in [5.41, 5.74) is 0. The van der Waals surface area contributed by atoms with E-state index >= 15 is 0 Å². The van der Waals surface area contributed by atoms with Gasteiger partial charge in [-0.3, -0.25) is 4.90 Å². The molecule has 1 N–H and O–H groups in total. The molecule has 1 aromatic heterocycles. The molecule has 0 radical (unpaired) electrons. The SMILES string of the molecule is CC(C)CCNCC(C)N1CCN(c2ncccn2)CC1. The maximum Gasteiger partial charge on any atom is 0.225 e. The Balaban J connectivity index is 1.68. The first-order valence-corrected chi connectivity index (χ1v) is 8.13. The molecule has 0 aromatic carbocycles. The molecule has 1 aliphatic rings. The van der Waals surface area contributed by atoms with Crippen molar-refractivity contribution in [2.45, 2.75) is 33.2 Å². The van der Waals surface area contributed by atoms with Crippen molar-refractivity contribution in [3.05, 3.63) is 18.5 Å². The van der Waals surface area contributed by atoms with Crippen molar-refractivity contribution < 1.29 is 0 Å². The van der Waals surface area contributed by atoms with Gasteiger partial charge in [0.1, 0.15) is 0 Å². The molecule has 2 rings (SSSR count). The zero-order chi connectivity index (χ0) is 15.1. The average molecular weight is 291 g/mol. The maximum atomic E-state index is 4.33. The van der Waals surface area contributed by atoms with Crippen LogP contribution < -0.4 is 10.2 Å². The summed E-state index contributed by atoms with van der Waals surface area (Å²) >= 11 is 0. The molecule has 0 spiro atoms. The number of aromatic nitrogens is 2. The van der Waals surface area contributed by atoms with Crippen LogP contribution >= 0.6 is 0 Å². The minimum absolute atomic E-state index is 0.594. The monoisotopic (exact) mass is 291 g/mol. The third-order valence-electron chi connectivity index (χ3n) is 4.11. The van der Waals surface area contributed by atoms with Gasteiger partial charge < -0.3 is 10.2 Å². The molecule has 2 heterocycles. The van der Waals surface area contributed by atoms with Crippen molar-refractivity contribution in [1.82, 2.24) is 20.2 Å². The van der Waals surface area contributed by atoms with Crippen LogP contribution in [-0.4, -0.2) is 60.2 Å². The van der Waals surface area contributed by atoms with Gasteiger partial charge in [-0.1, -0.05) is 13.8 Å². The first kappa shape index (κ1) is 16.2. The Bertz CT molecular complexity index is 387. The molecule has 118 valence electrons. The lowest BCUT2D eigenvalue weighted by Crippen LogP contribution is -2.52. The van der Waals surface area contributed by atoms with E-state index in [9.17, 15) is 0 Å². The van der Waals surface area contributed by atoms with Gasteiger partial charge in [-0.2, -0.15) is 0 Å². The number of anilines is 1. The van der Waals surface area contributed by atoms with Gasteiger partial charge in [-0.25, -0.2) is 9.97 Å². The Hall–Kier alpha value is -1.20. The predicted octanol–water partition coefficient (Wildman–Crippen LogP) is 1.62. The lowest BCUT2D eigenvalue weighted by molar-refractivity contribution is 0.192. The normalized spacial score (nSPS) is 18.2. The lowest BCUT2D eigenvalue weighted by atomic mass is 10.1. The summed E-state index contributed by atoms with van der Waals surface area (Å²) in [4.78, 5) is 13.5. The fourth-order valence-corrected chi connectivity index (χ4v) is 2.65. The van der Waals surface area contributed by atoms with E-state index in [1.807, 2.05) is 18.5 Å². The van der Waals surface area contributed by atoms with Crippen molar-refractivity contribution in [2.24, 2.45) is 5.92 Å². The predicted molar refractivity (Wildman–Crippen MR) is 87.6 cm³/mol. The molecule has 1 fully saturated rings. The molecule has 1 unspecified atom stereocenters. The maximum absolute atomic E-state index is 4.33.